The third kappa shape index (κ3) is 1.93. The van der Waals surface area contributed by atoms with Crippen LogP contribution in [0.1, 0.15) is 46.5 Å². The highest BCUT2D eigenvalue weighted by molar-refractivity contribution is 6.09. The van der Waals surface area contributed by atoms with Crippen LogP contribution in [0.3, 0.4) is 0 Å². The highest BCUT2D eigenvalue weighted by Crippen LogP contribution is 2.38. The van der Waals surface area contributed by atoms with E-state index in [1.54, 1.807) is 0 Å². The second-order valence-corrected chi connectivity index (χ2v) is 5.25. The number of amides is 1. The molecule has 0 radical (unpaired) electrons. The Labute approximate surface area is 96.9 Å². The van der Waals surface area contributed by atoms with Crippen molar-refractivity contribution in [3.05, 3.63) is 0 Å². The summed E-state index contributed by atoms with van der Waals surface area (Å²) in [7, 11) is 0. The summed E-state index contributed by atoms with van der Waals surface area (Å²) in [6.45, 7) is 6.21. The van der Waals surface area contributed by atoms with Crippen LogP contribution in [0.5, 0.6) is 0 Å². The first kappa shape index (κ1) is 11.4. The Morgan fingerprint density at radius 1 is 1.56 bits per heavy atom. The van der Waals surface area contributed by atoms with E-state index in [9.17, 15) is 4.79 Å². The van der Waals surface area contributed by atoms with Gasteiger partial charge in [0, 0.05) is 6.04 Å². The topological polar surface area (TPSA) is 53.5 Å². The molecule has 2 aliphatic rings. The summed E-state index contributed by atoms with van der Waals surface area (Å²) in [4.78, 5) is 16.4. The normalized spacial score (nSPS) is 36.1. The molecule has 0 aromatic rings. The summed E-state index contributed by atoms with van der Waals surface area (Å²) in [5.41, 5.74) is -0.353. The molecule has 1 spiro atoms. The molecule has 90 valence electrons. The molecule has 2 N–H and O–H groups in total. The Balaban J connectivity index is 2.11. The molecule has 2 fully saturated rings. The van der Waals surface area contributed by atoms with Gasteiger partial charge in [-0.15, -0.1) is 0 Å². The van der Waals surface area contributed by atoms with Crippen LogP contribution < -0.4 is 10.6 Å². The van der Waals surface area contributed by atoms with Gasteiger partial charge in [-0.3, -0.25) is 15.1 Å². The van der Waals surface area contributed by atoms with E-state index in [2.05, 4.69) is 22.5 Å². The molecule has 1 aliphatic heterocycles. The minimum absolute atomic E-state index is 0.114. The highest BCUT2D eigenvalue weighted by Gasteiger charge is 2.49. The quantitative estimate of drug-likeness (QED) is 0.744. The van der Waals surface area contributed by atoms with Crippen molar-refractivity contribution in [2.75, 3.05) is 0 Å². The van der Waals surface area contributed by atoms with Crippen LogP contribution in [0.25, 0.3) is 0 Å². The second kappa shape index (κ2) is 4.07. The lowest BCUT2D eigenvalue weighted by molar-refractivity contribution is -0.123. The molecule has 16 heavy (non-hydrogen) atoms. The number of aliphatic imine (C=N–C) groups is 1. The van der Waals surface area contributed by atoms with E-state index in [1.807, 2.05) is 13.8 Å². The van der Waals surface area contributed by atoms with Gasteiger partial charge in [0.2, 0.25) is 0 Å². The molecule has 1 saturated carbocycles. The summed E-state index contributed by atoms with van der Waals surface area (Å²) < 4.78 is 0. The van der Waals surface area contributed by atoms with E-state index < -0.39 is 0 Å². The maximum absolute atomic E-state index is 12.0. The number of nitrogens with one attached hydrogen (secondary N) is 2. The summed E-state index contributed by atoms with van der Waals surface area (Å²) in [5, 5.41) is 6.16. The SMILES string of the molecule is CCC1CCC2(C1)NC(=NC(C)C)NC2=O. The third-order valence-electron chi connectivity index (χ3n) is 3.61. The molecular formula is C12H21N3O. The first-order chi connectivity index (χ1) is 7.55. The molecule has 2 atom stereocenters. The van der Waals surface area contributed by atoms with Gasteiger partial charge in [-0.1, -0.05) is 13.3 Å². The molecule has 0 aromatic heterocycles. The standard InChI is InChI=1S/C12H21N3O/c1-4-9-5-6-12(7-9)10(16)14-11(15-12)13-8(2)3/h8-9H,4-7H2,1-3H3,(H2,13,14,15,16). The van der Waals surface area contributed by atoms with Crippen LogP contribution >= 0.6 is 0 Å². The highest BCUT2D eigenvalue weighted by atomic mass is 16.2. The van der Waals surface area contributed by atoms with Crippen LogP contribution in [-0.2, 0) is 4.79 Å². The molecule has 2 unspecified atom stereocenters. The van der Waals surface area contributed by atoms with E-state index in [4.69, 9.17) is 0 Å². The number of hydrogen-bond donors (Lipinski definition) is 2. The number of hydrogen-bond acceptors (Lipinski definition) is 2. The van der Waals surface area contributed by atoms with Gasteiger partial charge in [0.15, 0.2) is 5.96 Å². The number of nitrogens with zero attached hydrogens (tertiary/aromatic N) is 1. The van der Waals surface area contributed by atoms with Crippen molar-refractivity contribution in [1.29, 1.82) is 0 Å². The van der Waals surface area contributed by atoms with Gasteiger partial charge < -0.3 is 5.32 Å². The lowest BCUT2D eigenvalue weighted by atomic mass is 9.95. The van der Waals surface area contributed by atoms with Crippen molar-refractivity contribution in [2.45, 2.75) is 58.0 Å². The lowest BCUT2D eigenvalue weighted by Gasteiger charge is -2.20. The Kier molecular flexibility index (Phi) is 2.91. The summed E-state index contributed by atoms with van der Waals surface area (Å²) in [6, 6.07) is 0.210. The molecule has 1 amide bonds. The molecule has 4 nitrogen and oxygen atoms in total. The van der Waals surface area contributed by atoms with Crippen molar-refractivity contribution >= 4 is 11.9 Å². The summed E-state index contributed by atoms with van der Waals surface area (Å²) in [5.74, 6) is 1.45. The molecule has 0 bridgehead atoms. The van der Waals surface area contributed by atoms with Crippen molar-refractivity contribution < 1.29 is 4.79 Å². The molecule has 1 aliphatic carbocycles. The van der Waals surface area contributed by atoms with Gasteiger partial charge in [-0.2, -0.15) is 0 Å². The van der Waals surface area contributed by atoms with E-state index in [1.165, 1.54) is 0 Å². The Hall–Kier alpha value is -1.06. The molecule has 1 heterocycles. The number of guanidine groups is 1. The van der Waals surface area contributed by atoms with Crippen LogP contribution in [-0.4, -0.2) is 23.4 Å². The number of rotatable bonds is 2. The van der Waals surface area contributed by atoms with Gasteiger partial charge in [0.1, 0.15) is 5.54 Å². The molecule has 1 saturated heterocycles. The van der Waals surface area contributed by atoms with Gasteiger partial charge in [-0.05, 0) is 39.0 Å². The van der Waals surface area contributed by atoms with E-state index in [0.717, 1.165) is 25.7 Å². The largest absolute Gasteiger partial charge is 0.342 e. The van der Waals surface area contributed by atoms with Gasteiger partial charge in [0.05, 0.1) is 0 Å². The van der Waals surface area contributed by atoms with Crippen molar-refractivity contribution in [3.63, 3.8) is 0 Å². The second-order valence-electron chi connectivity index (χ2n) is 5.25. The van der Waals surface area contributed by atoms with Gasteiger partial charge in [-0.25, -0.2) is 0 Å². The first-order valence-electron chi connectivity index (χ1n) is 6.23. The third-order valence-corrected chi connectivity index (χ3v) is 3.61. The Bertz CT molecular complexity index is 324. The van der Waals surface area contributed by atoms with Crippen molar-refractivity contribution in [3.8, 4) is 0 Å². The average molecular weight is 223 g/mol. The van der Waals surface area contributed by atoms with Gasteiger partial charge >= 0.3 is 0 Å². The van der Waals surface area contributed by atoms with Crippen molar-refractivity contribution in [2.24, 2.45) is 10.9 Å². The predicted octanol–water partition coefficient (Wildman–Crippen LogP) is 1.42. The van der Waals surface area contributed by atoms with Crippen LogP contribution in [0.2, 0.25) is 0 Å². The van der Waals surface area contributed by atoms with E-state index in [0.29, 0.717) is 11.9 Å². The maximum Gasteiger partial charge on any atom is 0.252 e. The van der Waals surface area contributed by atoms with Crippen LogP contribution in [0, 0.1) is 5.92 Å². The van der Waals surface area contributed by atoms with Crippen molar-refractivity contribution in [1.82, 2.24) is 10.6 Å². The summed E-state index contributed by atoms with van der Waals surface area (Å²) in [6.07, 6.45) is 4.19. The zero-order valence-corrected chi connectivity index (χ0v) is 10.3. The smallest absolute Gasteiger partial charge is 0.252 e. The fraction of sp³-hybridized carbons (Fsp3) is 0.833. The van der Waals surface area contributed by atoms with E-state index in [-0.39, 0.29) is 17.5 Å². The van der Waals surface area contributed by atoms with Gasteiger partial charge in [0.25, 0.3) is 5.91 Å². The lowest BCUT2D eigenvalue weighted by Crippen LogP contribution is -2.44. The maximum atomic E-state index is 12.0. The number of carbonyl (C=O) groups is 1. The zero-order valence-electron chi connectivity index (χ0n) is 10.3. The average Bonchev–Trinajstić information content (AvgIpc) is 2.73. The van der Waals surface area contributed by atoms with Crippen LogP contribution in [0.4, 0.5) is 0 Å². The summed E-state index contributed by atoms with van der Waals surface area (Å²) >= 11 is 0. The molecule has 4 heteroatoms. The zero-order chi connectivity index (χ0) is 11.8. The molecular weight excluding hydrogens is 202 g/mol. The predicted molar refractivity (Wildman–Crippen MR) is 64.2 cm³/mol. The minimum Gasteiger partial charge on any atom is -0.342 e. The van der Waals surface area contributed by atoms with Crippen LogP contribution in [0.15, 0.2) is 4.99 Å². The monoisotopic (exact) mass is 223 g/mol. The Morgan fingerprint density at radius 3 is 2.88 bits per heavy atom. The minimum atomic E-state index is -0.353. The van der Waals surface area contributed by atoms with E-state index >= 15 is 0 Å². The molecule has 0 aromatic carbocycles. The molecule has 2 rings (SSSR count). The first-order valence-corrected chi connectivity index (χ1v) is 6.23. The fourth-order valence-corrected chi connectivity index (χ4v) is 2.68. The Morgan fingerprint density at radius 2 is 2.31 bits per heavy atom. The number of carbonyl (C=O) groups excluding carboxylic acids is 1. The fourth-order valence-electron chi connectivity index (χ4n) is 2.68.